The first-order chi connectivity index (χ1) is 29.8. The number of ether oxygens (including phenoxy) is 3. The lowest BCUT2D eigenvalue weighted by Gasteiger charge is -2.18. The summed E-state index contributed by atoms with van der Waals surface area (Å²) in [4.78, 5) is 38.0. The van der Waals surface area contributed by atoms with Crippen LogP contribution in [0.15, 0.2) is 0 Å². The summed E-state index contributed by atoms with van der Waals surface area (Å²) in [5, 5.41) is 0. The summed E-state index contributed by atoms with van der Waals surface area (Å²) in [6.07, 6.45) is 49.5. The van der Waals surface area contributed by atoms with E-state index in [1.807, 2.05) is 0 Å². The molecule has 0 fully saturated rings. The van der Waals surface area contributed by atoms with Gasteiger partial charge >= 0.3 is 17.9 Å². The van der Waals surface area contributed by atoms with Gasteiger partial charge in [-0.15, -0.1) is 0 Å². The van der Waals surface area contributed by atoms with Crippen LogP contribution < -0.4 is 0 Å². The lowest BCUT2D eigenvalue weighted by Crippen LogP contribution is -2.30. The monoisotopic (exact) mass is 863 g/mol. The molecule has 61 heavy (non-hydrogen) atoms. The van der Waals surface area contributed by atoms with Gasteiger partial charge in [-0.25, -0.2) is 0 Å². The molecular weight excluding hydrogens is 757 g/mol. The summed E-state index contributed by atoms with van der Waals surface area (Å²) in [5.41, 5.74) is 0. The minimum absolute atomic E-state index is 0.0640. The minimum atomic E-state index is -0.762. The molecule has 6 nitrogen and oxygen atoms in total. The first kappa shape index (κ1) is 59.4. The fourth-order valence-electron chi connectivity index (χ4n) is 8.31. The van der Waals surface area contributed by atoms with E-state index in [9.17, 15) is 14.4 Å². The molecule has 1 unspecified atom stereocenters. The van der Waals surface area contributed by atoms with Crippen LogP contribution >= 0.6 is 0 Å². The Labute approximate surface area is 380 Å². The zero-order valence-electron chi connectivity index (χ0n) is 41.8. The number of hydrogen-bond acceptors (Lipinski definition) is 6. The van der Waals surface area contributed by atoms with Crippen molar-refractivity contribution in [2.24, 2.45) is 11.8 Å². The molecule has 0 N–H and O–H groups in total. The maximum atomic E-state index is 12.8. The Morgan fingerprint density at radius 1 is 0.344 bits per heavy atom. The van der Waals surface area contributed by atoms with E-state index < -0.39 is 6.10 Å². The SMILES string of the molecule is CCCCCCCCCCCCCCCCCC(=O)OC[C@@H](COC(=O)CCCCCCCCCCCCCCCCC(C)CC)OC(=O)CCCCCCCCCC(C)C. The molecule has 0 spiro atoms. The molecule has 0 aliphatic rings. The van der Waals surface area contributed by atoms with Crippen LogP contribution in [0.4, 0.5) is 0 Å². The van der Waals surface area contributed by atoms with Gasteiger partial charge in [0.15, 0.2) is 6.10 Å². The number of carbonyl (C=O) groups is 3. The summed E-state index contributed by atoms with van der Waals surface area (Å²) >= 11 is 0. The number of hydrogen-bond donors (Lipinski definition) is 0. The van der Waals surface area contributed by atoms with Crippen molar-refractivity contribution >= 4 is 17.9 Å². The average molecular weight is 863 g/mol. The third-order valence-electron chi connectivity index (χ3n) is 12.8. The van der Waals surface area contributed by atoms with E-state index in [-0.39, 0.29) is 31.1 Å². The van der Waals surface area contributed by atoms with Crippen LogP contribution in [0.2, 0.25) is 0 Å². The lowest BCUT2D eigenvalue weighted by molar-refractivity contribution is -0.167. The molecular formula is C55H106O6. The highest BCUT2D eigenvalue weighted by Gasteiger charge is 2.19. The lowest BCUT2D eigenvalue weighted by atomic mass is 9.99. The number of esters is 3. The van der Waals surface area contributed by atoms with E-state index >= 15 is 0 Å². The van der Waals surface area contributed by atoms with Gasteiger partial charge in [0.2, 0.25) is 0 Å². The van der Waals surface area contributed by atoms with Crippen molar-refractivity contribution in [1.29, 1.82) is 0 Å². The van der Waals surface area contributed by atoms with E-state index in [1.165, 1.54) is 193 Å². The second-order valence-corrected chi connectivity index (χ2v) is 19.6. The van der Waals surface area contributed by atoms with Gasteiger partial charge in [0.1, 0.15) is 13.2 Å². The van der Waals surface area contributed by atoms with Gasteiger partial charge in [0, 0.05) is 19.3 Å². The molecule has 0 radical (unpaired) electrons. The van der Waals surface area contributed by atoms with Gasteiger partial charge in [-0.05, 0) is 31.1 Å². The van der Waals surface area contributed by atoms with E-state index in [0.29, 0.717) is 19.3 Å². The van der Waals surface area contributed by atoms with Gasteiger partial charge in [-0.3, -0.25) is 14.4 Å². The van der Waals surface area contributed by atoms with Gasteiger partial charge in [0.05, 0.1) is 0 Å². The first-order valence-electron chi connectivity index (χ1n) is 27.3. The molecule has 0 aromatic rings. The average Bonchev–Trinajstić information content (AvgIpc) is 3.24. The highest BCUT2D eigenvalue weighted by atomic mass is 16.6. The largest absolute Gasteiger partial charge is 0.462 e. The molecule has 0 bridgehead atoms. The fraction of sp³-hybridized carbons (Fsp3) is 0.945. The minimum Gasteiger partial charge on any atom is -0.462 e. The Balaban J connectivity index is 4.24. The number of rotatable bonds is 49. The molecule has 0 saturated carbocycles. The second kappa shape index (κ2) is 47.9. The quantitative estimate of drug-likeness (QED) is 0.0344. The molecule has 0 rings (SSSR count). The van der Waals surface area contributed by atoms with E-state index in [0.717, 1.165) is 69.6 Å². The smallest absolute Gasteiger partial charge is 0.306 e. The molecule has 0 aromatic heterocycles. The predicted octanol–water partition coefficient (Wildman–Crippen LogP) is 17.7. The molecule has 2 atom stereocenters. The molecule has 0 aliphatic carbocycles. The molecule has 0 aliphatic heterocycles. The Hall–Kier alpha value is -1.59. The number of unbranched alkanes of at least 4 members (excludes halogenated alkanes) is 33. The van der Waals surface area contributed by atoms with Crippen molar-refractivity contribution < 1.29 is 28.6 Å². The first-order valence-corrected chi connectivity index (χ1v) is 27.3. The van der Waals surface area contributed by atoms with Crippen LogP contribution in [-0.2, 0) is 28.6 Å². The van der Waals surface area contributed by atoms with Gasteiger partial charge in [-0.1, -0.05) is 266 Å². The predicted molar refractivity (Wildman–Crippen MR) is 261 cm³/mol. The van der Waals surface area contributed by atoms with Crippen LogP contribution in [-0.4, -0.2) is 37.2 Å². The summed E-state index contributed by atoms with van der Waals surface area (Å²) in [6.45, 7) is 11.4. The Bertz CT molecular complexity index is 933. The van der Waals surface area contributed by atoms with Crippen LogP contribution in [0.3, 0.4) is 0 Å². The highest BCUT2D eigenvalue weighted by Crippen LogP contribution is 2.18. The van der Waals surface area contributed by atoms with Crippen molar-refractivity contribution in [3.8, 4) is 0 Å². The van der Waals surface area contributed by atoms with Crippen LogP contribution in [0.25, 0.3) is 0 Å². The maximum Gasteiger partial charge on any atom is 0.306 e. The molecule has 0 saturated heterocycles. The van der Waals surface area contributed by atoms with Gasteiger partial charge in [0.25, 0.3) is 0 Å². The van der Waals surface area contributed by atoms with E-state index in [2.05, 4.69) is 34.6 Å². The zero-order chi connectivity index (χ0) is 44.7. The Kier molecular flexibility index (Phi) is 46.6. The van der Waals surface area contributed by atoms with Crippen molar-refractivity contribution in [2.75, 3.05) is 13.2 Å². The second-order valence-electron chi connectivity index (χ2n) is 19.6. The third kappa shape index (κ3) is 47.7. The van der Waals surface area contributed by atoms with Gasteiger partial charge < -0.3 is 14.2 Å². The topological polar surface area (TPSA) is 78.9 Å². The molecule has 6 heteroatoms. The zero-order valence-corrected chi connectivity index (χ0v) is 41.8. The summed E-state index contributed by atoms with van der Waals surface area (Å²) in [7, 11) is 0. The molecule has 0 aromatic carbocycles. The van der Waals surface area contributed by atoms with E-state index in [1.54, 1.807) is 0 Å². The van der Waals surface area contributed by atoms with Crippen LogP contribution in [0.5, 0.6) is 0 Å². The van der Waals surface area contributed by atoms with Crippen LogP contribution in [0, 0.1) is 11.8 Å². The highest BCUT2D eigenvalue weighted by molar-refractivity contribution is 5.71. The normalized spacial score (nSPS) is 12.5. The van der Waals surface area contributed by atoms with Gasteiger partial charge in [-0.2, -0.15) is 0 Å². The fourth-order valence-corrected chi connectivity index (χ4v) is 8.31. The number of carbonyl (C=O) groups excluding carboxylic acids is 3. The van der Waals surface area contributed by atoms with Crippen molar-refractivity contribution in [3.63, 3.8) is 0 Å². The van der Waals surface area contributed by atoms with Crippen molar-refractivity contribution in [3.05, 3.63) is 0 Å². The third-order valence-corrected chi connectivity index (χ3v) is 12.8. The Morgan fingerprint density at radius 3 is 0.934 bits per heavy atom. The Morgan fingerprint density at radius 2 is 0.623 bits per heavy atom. The summed E-state index contributed by atoms with van der Waals surface area (Å²) in [6, 6.07) is 0. The van der Waals surface area contributed by atoms with Crippen molar-refractivity contribution in [2.45, 2.75) is 310 Å². The standard InChI is InChI=1S/C55H106O6/c1-6-8-9-10-11-12-13-14-15-19-22-25-30-35-40-45-53(56)59-48-52(61-55(58)47-42-37-32-27-28-33-38-43-50(3)4)49-60-54(57)46-41-36-31-26-23-20-17-16-18-21-24-29-34-39-44-51(5)7-2/h50-52H,6-49H2,1-5H3/t51?,52-/m0/s1. The van der Waals surface area contributed by atoms with Crippen molar-refractivity contribution in [1.82, 2.24) is 0 Å². The van der Waals surface area contributed by atoms with E-state index in [4.69, 9.17) is 14.2 Å². The molecule has 0 amide bonds. The summed E-state index contributed by atoms with van der Waals surface area (Å²) < 4.78 is 16.8. The van der Waals surface area contributed by atoms with Crippen LogP contribution in [0.1, 0.15) is 304 Å². The molecule has 362 valence electrons. The maximum absolute atomic E-state index is 12.8. The summed E-state index contributed by atoms with van der Waals surface area (Å²) in [5.74, 6) is 0.826. The molecule has 0 heterocycles.